The van der Waals surface area contributed by atoms with Crippen molar-refractivity contribution in [3.05, 3.63) is 16.3 Å². The number of thiophene rings is 1. The molecule has 1 amide bonds. The molecule has 6 heteroatoms. The zero-order chi connectivity index (χ0) is 11.3. The molecule has 0 unspecified atom stereocenters. The van der Waals surface area contributed by atoms with Crippen LogP contribution in [-0.4, -0.2) is 30.6 Å². The van der Waals surface area contributed by atoms with Crippen LogP contribution in [0, 0.1) is 0 Å². The van der Waals surface area contributed by atoms with E-state index >= 15 is 0 Å². The Kier molecular flexibility index (Phi) is 4.11. The predicted octanol–water partition coefficient (Wildman–Crippen LogP) is 0.961. The number of aromatic carboxylic acids is 1. The molecule has 1 rings (SSSR count). The molecule has 0 aliphatic rings. The number of nitrogens with one attached hydrogen (secondary N) is 1. The van der Waals surface area contributed by atoms with Crippen molar-refractivity contribution in [1.82, 2.24) is 5.32 Å². The molecule has 15 heavy (non-hydrogen) atoms. The van der Waals surface area contributed by atoms with E-state index in [1.165, 1.54) is 7.05 Å². The van der Waals surface area contributed by atoms with Crippen LogP contribution in [0.2, 0.25) is 0 Å². The van der Waals surface area contributed by atoms with Gasteiger partial charge in [0.1, 0.15) is 5.75 Å². The zero-order valence-corrected chi connectivity index (χ0v) is 8.97. The lowest BCUT2D eigenvalue weighted by molar-refractivity contribution is -0.121. The molecule has 82 valence electrons. The number of carbonyl (C=O) groups is 2. The van der Waals surface area contributed by atoms with Crippen LogP contribution in [0.15, 0.2) is 11.4 Å². The fourth-order valence-corrected chi connectivity index (χ4v) is 1.62. The van der Waals surface area contributed by atoms with Gasteiger partial charge in [-0.25, -0.2) is 4.79 Å². The molecule has 1 aromatic heterocycles. The van der Waals surface area contributed by atoms with Crippen molar-refractivity contribution in [2.75, 3.05) is 13.7 Å². The maximum absolute atomic E-state index is 10.9. The Morgan fingerprint density at radius 2 is 2.33 bits per heavy atom. The molecule has 0 aliphatic heterocycles. The predicted molar refractivity (Wildman–Crippen MR) is 55.5 cm³/mol. The highest BCUT2D eigenvalue weighted by molar-refractivity contribution is 7.12. The normalized spacial score (nSPS) is 9.67. The molecule has 2 N–H and O–H groups in total. The third-order valence-electron chi connectivity index (χ3n) is 1.69. The lowest BCUT2D eigenvalue weighted by Gasteiger charge is -2.04. The average molecular weight is 229 g/mol. The lowest BCUT2D eigenvalue weighted by Crippen LogP contribution is -2.20. The molecule has 0 aromatic carbocycles. The Hall–Kier alpha value is -1.56. The average Bonchev–Trinajstić information content (AvgIpc) is 2.65. The quantitative estimate of drug-likeness (QED) is 0.788. The smallest absolute Gasteiger partial charge is 0.349 e. The van der Waals surface area contributed by atoms with E-state index in [2.05, 4.69) is 5.32 Å². The highest BCUT2D eigenvalue weighted by Crippen LogP contribution is 2.24. The number of hydrogen-bond acceptors (Lipinski definition) is 4. The van der Waals surface area contributed by atoms with Crippen LogP contribution >= 0.6 is 11.3 Å². The second kappa shape index (κ2) is 5.35. The summed E-state index contributed by atoms with van der Waals surface area (Å²) in [6, 6.07) is 1.58. The van der Waals surface area contributed by atoms with Crippen LogP contribution in [0.4, 0.5) is 0 Å². The van der Waals surface area contributed by atoms with Gasteiger partial charge in [0.15, 0.2) is 4.88 Å². The van der Waals surface area contributed by atoms with Gasteiger partial charge in [0.25, 0.3) is 0 Å². The zero-order valence-electron chi connectivity index (χ0n) is 8.15. The van der Waals surface area contributed by atoms with Gasteiger partial charge in [0.05, 0.1) is 13.0 Å². The van der Waals surface area contributed by atoms with Crippen molar-refractivity contribution in [3.63, 3.8) is 0 Å². The maximum Gasteiger partial charge on any atom is 0.349 e. The minimum atomic E-state index is -1.01. The summed E-state index contributed by atoms with van der Waals surface area (Å²) in [4.78, 5) is 21.7. The first-order valence-electron chi connectivity index (χ1n) is 4.29. The van der Waals surface area contributed by atoms with Gasteiger partial charge in [-0.05, 0) is 11.4 Å². The molecule has 0 saturated heterocycles. The molecule has 1 aromatic rings. The van der Waals surface area contributed by atoms with Crippen molar-refractivity contribution < 1.29 is 19.4 Å². The molecule has 0 bridgehead atoms. The number of ether oxygens (including phenoxy) is 1. The summed E-state index contributed by atoms with van der Waals surface area (Å²) < 4.78 is 5.18. The van der Waals surface area contributed by atoms with E-state index in [0.29, 0.717) is 5.75 Å². The Balaban J connectivity index is 2.47. The molecular formula is C9H11NO4S. The highest BCUT2D eigenvalue weighted by atomic mass is 32.1. The summed E-state index contributed by atoms with van der Waals surface area (Å²) in [6.07, 6.45) is 0.214. The summed E-state index contributed by atoms with van der Waals surface area (Å²) in [5.41, 5.74) is 0. The van der Waals surface area contributed by atoms with Crippen LogP contribution < -0.4 is 10.1 Å². The first kappa shape index (κ1) is 11.5. The molecule has 0 atom stereocenters. The second-order valence-corrected chi connectivity index (χ2v) is 3.61. The Labute approximate surface area is 90.7 Å². The first-order chi connectivity index (χ1) is 7.15. The van der Waals surface area contributed by atoms with Crippen molar-refractivity contribution in [1.29, 1.82) is 0 Å². The molecule has 1 heterocycles. The van der Waals surface area contributed by atoms with Crippen molar-refractivity contribution in [3.8, 4) is 5.75 Å². The van der Waals surface area contributed by atoms with Crippen molar-refractivity contribution in [2.45, 2.75) is 6.42 Å². The first-order valence-corrected chi connectivity index (χ1v) is 5.17. The molecule has 0 spiro atoms. The minimum Gasteiger partial charge on any atom is -0.491 e. The number of carboxylic acid groups (broad SMARTS) is 1. The van der Waals surface area contributed by atoms with Crippen LogP contribution in [0.5, 0.6) is 5.75 Å². The molecule has 0 aliphatic carbocycles. The van der Waals surface area contributed by atoms with Gasteiger partial charge in [-0.3, -0.25) is 4.79 Å². The second-order valence-electron chi connectivity index (χ2n) is 2.69. The van der Waals surface area contributed by atoms with E-state index in [1.54, 1.807) is 11.4 Å². The molecule has 5 nitrogen and oxygen atoms in total. The van der Waals surface area contributed by atoms with Gasteiger partial charge in [-0.2, -0.15) is 0 Å². The monoisotopic (exact) mass is 229 g/mol. The Morgan fingerprint density at radius 3 is 2.93 bits per heavy atom. The summed E-state index contributed by atoms with van der Waals surface area (Å²) in [5.74, 6) is -0.835. The lowest BCUT2D eigenvalue weighted by atomic mass is 10.4. The molecule has 0 radical (unpaired) electrons. The highest BCUT2D eigenvalue weighted by Gasteiger charge is 2.12. The van der Waals surface area contributed by atoms with Crippen LogP contribution in [0.25, 0.3) is 0 Å². The number of carboxylic acids is 1. The fraction of sp³-hybridized carbons (Fsp3) is 0.333. The van der Waals surface area contributed by atoms with Gasteiger partial charge >= 0.3 is 5.97 Å². The van der Waals surface area contributed by atoms with Gasteiger partial charge in [0, 0.05) is 7.05 Å². The topological polar surface area (TPSA) is 75.6 Å². The van der Waals surface area contributed by atoms with Crippen molar-refractivity contribution >= 4 is 23.2 Å². The fourth-order valence-electron chi connectivity index (χ4n) is 0.946. The van der Waals surface area contributed by atoms with Crippen LogP contribution in [0.1, 0.15) is 16.1 Å². The summed E-state index contributed by atoms with van der Waals surface area (Å²) in [6.45, 7) is 0.177. The SMILES string of the molecule is CNC(=O)CCOc1ccsc1C(=O)O. The van der Waals surface area contributed by atoms with E-state index in [0.717, 1.165) is 11.3 Å². The minimum absolute atomic E-state index is 0.137. The maximum atomic E-state index is 10.9. The van der Waals surface area contributed by atoms with E-state index in [1.807, 2.05) is 0 Å². The van der Waals surface area contributed by atoms with Gasteiger partial charge in [0.2, 0.25) is 5.91 Å². The van der Waals surface area contributed by atoms with E-state index in [4.69, 9.17) is 9.84 Å². The van der Waals surface area contributed by atoms with Crippen LogP contribution in [-0.2, 0) is 4.79 Å². The third-order valence-corrected chi connectivity index (χ3v) is 2.57. The molecule has 0 fully saturated rings. The van der Waals surface area contributed by atoms with Gasteiger partial charge in [-0.1, -0.05) is 0 Å². The van der Waals surface area contributed by atoms with Crippen LogP contribution in [0.3, 0.4) is 0 Å². The summed E-state index contributed by atoms with van der Waals surface area (Å²) in [7, 11) is 1.54. The van der Waals surface area contributed by atoms with E-state index < -0.39 is 5.97 Å². The number of amides is 1. The van der Waals surface area contributed by atoms with Gasteiger partial charge in [-0.15, -0.1) is 11.3 Å². The summed E-state index contributed by atoms with van der Waals surface area (Å²) in [5, 5.41) is 12.8. The summed E-state index contributed by atoms with van der Waals surface area (Å²) >= 11 is 1.10. The van der Waals surface area contributed by atoms with Gasteiger partial charge < -0.3 is 15.2 Å². The Morgan fingerprint density at radius 1 is 1.60 bits per heavy atom. The standard InChI is InChI=1S/C9H11NO4S/c1-10-7(11)2-4-14-6-3-5-15-8(6)9(12)13/h3,5H,2,4H2,1H3,(H,10,11)(H,12,13). The largest absolute Gasteiger partial charge is 0.491 e. The molecule has 0 saturated carbocycles. The number of carbonyl (C=O) groups excluding carboxylic acids is 1. The van der Waals surface area contributed by atoms with E-state index in [-0.39, 0.29) is 23.8 Å². The third kappa shape index (κ3) is 3.25. The molecular weight excluding hydrogens is 218 g/mol. The number of hydrogen-bond donors (Lipinski definition) is 2. The Bertz CT molecular complexity index is 361. The van der Waals surface area contributed by atoms with E-state index in [9.17, 15) is 9.59 Å². The van der Waals surface area contributed by atoms with Crippen molar-refractivity contribution in [2.24, 2.45) is 0 Å². The number of rotatable bonds is 5.